The molecule has 1 aromatic rings. The molecule has 3 aliphatic heterocycles. The summed E-state index contributed by atoms with van der Waals surface area (Å²) in [6.07, 6.45) is 3.47. The Labute approximate surface area is 234 Å². The van der Waals surface area contributed by atoms with Gasteiger partial charge in [-0.2, -0.15) is 5.26 Å². The van der Waals surface area contributed by atoms with Gasteiger partial charge in [-0.1, -0.05) is 30.3 Å². The van der Waals surface area contributed by atoms with Gasteiger partial charge in [0.1, 0.15) is 12.1 Å². The third kappa shape index (κ3) is 5.20. The third-order valence-corrected chi connectivity index (χ3v) is 9.49. The van der Waals surface area contributed by atoms with E-state index < -0.39 is 17.4 Å². The van der Waals surface area contributed by atoms with Crippen molar-refractivity contribution in [1.29, 1.82) is 5.26 Å². The fourth-order valence-corrected chi connectivity index (χ4v) is 7.61. The van der Waals surface area contributed by atoms with E-state index >= 15 is 0 Å². The quantitative estimate of drug-likeness (QED) is 0.373. The second-order valence-electron chi connectivity index (χ2n) is 12.2. The summed E-state index contributed by atoms with van der Waals surface area (Å²) in [6.45, 7) is 4.30. The molecule has 1 spiro atoms. The van der Waals surface area contributed by atoms with Crippen molar-refractivity contribution in [2.24, 2.45) is 5.92 Å². The van der Waals surface area contributed by atoms with Crippen LogP contribution in [0.25, 0.3) is 0 Å². The molecule has 2 unspecified atom stereocenters. The van der Waals surface area contributed by atoms with Crippen molar-refractivity contribution in [3.8, 4) is 6.07 Å². The molecule has 3 saturated heterocycles. The molecule has 8 nitrogen and oxygen atoms in total. The van der Waals surface area contributed by atoms with Gasteiger partial charge < -0.3 is 10.2 Å². The zero-order valence-electron chi connectivity index (χ0n) is 23.3. The Morgan fingerprint density at radius 2 is 1.70 bits per heavy atom. The number of imide groups is 1. The molecule has 4 aliphatic rings. The monoisotopic (exact) mass is 555 g/mol. The molecule has 216 valence electrons. The summed E-state index contributed by atoms with van der Waals surface area (Å²) in [5.41, 5.74) is 0.0630. The summed E-state index contributed by atoms with van der Waals surface area (Å²) in [6, 6.07) is 11.2. The Bertz CT molecular complexity index is 1150. The van der Waals surface area contributed by atoms with Gasteiger partial charge in [0.05, 0.1) is 12.1 Å². The summed E-state index contributed by atoms with van der Waals surface area (Å²) in [4.78, 5) is 45.1. The van der Waals surface area contributed by atoms with E-state index in [0.29, 0.717) is 25.8 Å². The molecule has 1 N–H and O–H groups in total. The molecule has 5 rings (SSSR count). The van der Waals surface area contributed by atoms with Gasteiger partial charge in [0, 0.05) is 43.4 Å². The highest BCUT2D eigenvalue weighted by atomic mass is 19.3. The van der Waals surface area contributed by atoms with Gasteiger partial charge in [0.15, 0.2) is 0 Å². The van der Waals surface area contributed by atoms with Crippen LogP contribution in [0.15, 0.2) is 30.3 Å². The summed E-state index contributed by atoms with van der Waals surface area (Å²) in [7, 11) is 0. The molecule has 0 aromatic heterocycles. The number of fused-ring (bicyclic) bond motifs is 2. The van der Waals surface area contributed by atoms with E-state index in [9.17, 15) is 28.4 Å². The van der Waals surface area contributed by atoms with Gasteiger partial charge in [0.2, 0.25) is 11.8 Å². The zero-order valence-corrected chi connectivity index (χ0v) is 23.3. The number of halogens is 2. The van der Waals surface area contributed by atoms with Crippen molar-refractivity contribution < 1.29 is 23.2 Å². The number of carbonyl (C=O) groups is 3. The number of nitrogens with one attached hydrogen (secondary N) is 1. The average Bonchev–Trinajstić information content (AvgIpc) is 3.27. The smallest absolute Gasteiger partial charge is 0.328 e. The fraction of sp³-hybridized carbons (Fsp3) is 0.667. The Morgan fingerprint density at radius 3 is 2.27 bits per heavy atom. The summed E-state index contributed by atoms with van der Waals surface area (Å²) < 4.78 is 27.3. The molecule has 3 heterocycles. The van der Waals surface area contributed by atoms with Gasteiger partial charge in [0.25, 0.3) is 5.91 Å². The van der Waals surface area contributed by atoms with Crippen LogP contribution in [0, 0.1) is 17.2 Å². The number of alkyl halides is 2. The normalized spacial score (nSPS) is 29.3. The standard InChI is InChI=1S/C30H39F2N5O3/c1-20(2)37-28(40)36(17-15-33)27(39)29(37)18-23-8-9-24(19-29)35(23)16-12-25(21-6-4-3-5-7-21)34-26(38)22-10-13-30(31,32)14-11-22/h3-7,20,22-25H,8-14,16-19H2,1-2H3,(H,34,38)/t23?,24?,25-,29?/m0/s1. The van der Waals surface area contributed by atoms with E-state index in [1.54, 1.807) is 4.90 Å². The van der Waals surface area contributed by atoms with Crippen LogP contribution in [0.1, 0.15) is 83.2 Å². The van der Waals surface area contributed by atoms with E-state index in [0.717, 1.165) is 23.3 Å². The van der Waals surface area contributed by atoms with Crippen LogP contribution in [-0.4, -0.2) is 75.2 Å². The molecule has 4 fully saturated rings. The van der Waals surface area contributed by atoms with Crippen LogP contribution in [0.5, 0.6) is 0 Å². The second kappa shape index (κ2) is 11.1. The third-order valence-electron chi connectivity index (χ3n) is 9.49. The first-order valence-corrected chi connectivity index (χ1v) is 14.6. The molecule has 1 aromatic carbocycles. The molecule has 4 amide bonds. The molecular weight excluding hydrogens is 516 g/mol. The number of nitriles is 1. The molecule has 40 heavy (non-hydrogen) atoms. The first kappa shape index (κ1) is 28.5. The van der Waals surface area contributed by atoms with Gasteiger partial charge in [-0.05, 0) is 64.4 Å². The molecular formula is C30H39F2N5O3. The highest BCUT2D eigenvalue weighted by Gasteiger charge is 2.63. The average molecular weight is 556 g/mol. The van der Waals surface area contributed by atoms with Crippen LogP contribution < -0.4 is 5.32 Å². The molecule has 3 atom stereocenters. The minimum Gasteiger partial charge on any atom is -0.349 e. The maximum absolute atomic E-state index is 13.7. The number of hydrogen-bond acceptors (Lipinski definition) is 5. The van der Waals surface area contributed by atoms with Crippen LogP contribution in [0.3, 0.4) is 0 Å². The summed E-state index contributed by atoms with van der Waals surface area (Å²) >= 11 is 0. The van der Waals surface area contributed by atoms with Gasteiger partial charge in [-0.3, -0.25) is 14.5 Å². The second-order valence-corrected chi connectivity index (χ2v) is 12.2. The summed E-state index contributed by atoms with van der Waals surface area (Å²) in [5, 5.41) is 12.4. The van der Waals surface area contributed by atoms with Crippen LogP contribution >= 0.6 is 0 Å². The number of nitrogens with zero attached hydrogens (tertiary/aromatic N) is 4. The predicted octanol–water partition coefficient (Wildman–Crippen LogP) is 4.62. The number of benzene rings is 1. The van der Waals surface area contributed by atoms with Gasteiger partial charge >= 0.3 is 6.03 Å². The van der Waals surface area contributed by atoms with Crippen molar-refractivity contribution >= 4 is 17.8 Å². The lowest BCUT2D eigenvalue weighted by atomic mass is 9.80. The highest BCUT2D eigenvalue weighted by molar-refractivity contribution is 6.07. The van der Waals surface area contributed by atoms with E-state index in [-0.39, 0.29) is 74.2 Å². The minimum absolute atomic E-state index is 0.117. The molecule has 10 heteroatoms. The number of piperidine rings is 1. The molecule has 1 saturated carbocycles. The first-order chi connectivity index (χ1) is 19.1. The van der Waals surface area contributed by atoms with E-state index in [1.807, 2.05) is 50.2 Å². The minimum atomic E-state index is -2.68. The Morgan fingerprint density at radius 1 is 1.07 bits per heavy atom. The van der Waals surface area contributed by atoms with Gasteiger partial charge in [-0.15, -0.1) is 0 Å². The molecule has 2 bridgehead atoms. The van der Waals surface area contributed by atoms with Crippen LogP contribution in [0.4, 0.5) is 13.6 Å². The Balaban J connectivity index is 1.29. The lowest BCUT2D eigenvalue weighted by Gasteiger charge is -2.48. The number of amides is 4. The Hall–Kier alpha value is -3.06. The number of carbonyl (C=O) groups excluding carboxylic acids is 3. The molecule has 1 aliphatic carbocycles. The number of urea groups is 1. The van der Waals surface area contributed by atoms with Crippen molar-refractivity contribution in [1.82, 2.24) is 20.0 Å². The van der Waals surface area contributed by atoms with Crippen molar-refractivity contribution in [2.75, 3.05) is 13.1 Å². The molecule has 0 radical (unpaired) electrons. The summed E-state index contributed by atoms with van der Waals surface area (Å²) in [5.74, 6) is -3.49. The van der Waals surface area contributed by atoms with Crippen LogP contribution in [0.2, 0.25) is 0 Å². The maximum atomic E-state index is 13.7. The number of hydrogen-bond donors (Lipinski definition) is 1. The predicted molar refractivity (Wildman–Crippen MR) is 144 cm³/mol. The fourth-order valence-electron chi connectivity index (χ4n) is 7.61. The lowest BCUT2D eigenvalue weighted by molar-refractivity contribution is -0.137. The van der Waals surface area contributed by atoms with Crippen molar-refractivity contribution in [2.45, 2.75) is 107 Å². The highest BCUT2D eigenvalue weighted by Crippen LogP contribution is 2.48. The van der Waals surface area contributed by atoms with Crippen molar-refractivity contribution in [3.05, 3.63) is 35.9 Å². The topological polar surface area (TPSA) is 96.8 Å². The first-order valence-electron chi connectivity index (χ1n) is 14.6. The van der Waals surface area contributed by atoms with E-state index in [4.69, 9.17) is 0 Å². The zero-order chi connectivity index (χ0) is 28.7. The van der Waals surface area contributed by atoms with Gasteiger partial charge in [-0.25, -0.2) is 18.5 Å². The van der Waals surface area contributed by atoms with E-state index in [1.165, 1.54) is 0 Å². The van der Waals surface area contributed by atoms with E-state index in [2.05, 4.69) is 10.2 Å². The lowest BCUT2D eigenvalue weighted by Crippen LogP contribution is -2.61. The number of rotatable bonds is 8. The van der Waals surface area contributed by atoms with Crippen molar-refractivity contribution in [3.63, 3.8) is 0 Å². The Kier molecular flexibility index (Phi) is 7.88. The maximum Gasteiger partial charge on any atom is 0.328 e. The SMILES string of the molecule is CC(C)N1C(=O)N(CC#N)C(=O)C12CC1CCC(C2)N1CC[C@H](NC(=O)C1CCC(F)(F)CC1)c1ccccc1. The van der Waals surface area contributed by atoms with Crippen LogP contribution in [-0.2, 0) is 9.59 Å². The largest absolute Gasteiger partial charge is 0.349 e.